The van der Waals surface area contributed by atoms with Gasteiger partial charge in [0.1, 0.15) is 9.85 Å². The summed E-state index contributed by atoms with van der Waals surface area (Å²) in [5, 5.41) is 56.4. The van der Waals surface area contributed by atoms with Gasteiger partial charge in [-0.2, -0.15) is 0 Å². The third kappa shape index (κ3) is 1.56. The van der Waals surface area contributed by atoms with Gasteiger partial charge in [-0.15, -0.1) is 0 Å². The summed E-state index contributed by atoms with van der Waals surface area (Å²) in [5.41, 5.74) is -4.12. The van der Waals surface area contributed by atoms with Crippen LogP contribution in [0.4, 0.5) is 0 Å². The maximum Gasteiger partial charge on any atom is 0.677 e. The molecule has 3 N–H and O–H groups in total. The van der Waals surface area contributed by atoms with Gasteiger partial charge in [0, 0.05) is 0 Å². The Labute approximate surface area is 79.8 Å². The van der Waals surface area contributed by atoms with Crippen molar-refractivity contribution in [2.75, 3.05) is 6.61 Å². The number of hydrogen-bond donors (Lipinski definition) is 3. The molecule has 0 saturated carbocycles. The molecule has 86 valence electrons. The number of rotatable bonds is 5. The van der Waals surface area contributed by atoms with Crippen LogP contribution in [0.25, 0.3) is 0 Å². The predicted molar refractivity (Wildman–Crippen MR) is 38.0 cm³/mol. The van der Waals surface area contributed by atoms with Crippen LogP contribution in [0.2, 0.25) is 0 Å². The number of nitrogens with zero attached hydrogens (tertiary/aromatic N) is 3. The van der Waals surface area contributed by atoms with Gasteiger partial charge in [-0.25, -0.2) is 0 Å². The molecule has 0 heterocycles. The molecule has 0 spiro atoms. The van der Waals surface area contributed by atoms with Gasteiger partial charge in [-0.3, -0.25) is 35.4 Å². The lowest BCUT2D eigenvalue weighted by Gasteiger charge is -2.19. The van der Waals surface area contributed by atoms with Gasteiger partial charge in [-0.1, -0.05) is 0 Å². The Hall–Kier alpha value is -1.92. The topological polar surface area (TPSA) is 190 Å². The summed E-state index contributed by atoms with van der Waals surface area (Å²) in [6, 6.07) is 0. The zero-order valence-corrected chi connectivity index (χ0v) is 6.84. The van der Waals surface area contributed by atoms with Crippen LogP contribution in [0.1, 0.15) is 0 Å². The molecule has 0 aromatic rings. The Morgan fingerprint density at radius 1 is 0.933 bits per heavy atom. The van der Waals surface area contributed by atoms with Crippen LogP contribution in [-0.2, 0) is 0 Å². The molecule has 0 amide bonds. The number of aliphatic hydroxyl groups excluding tert-OH is 1. The van der Waals surface area contributed by atoms with Gasteiger partial charge >= 0.3 is 11.6 Å². The molecule has 12 heteroatoms. The summed E-state index contributed by atoms with van der Waals surface area (Å²) >= 11 is 0. The highest BCUT2D eigenvalue weighted by molar-refractivity contribution is 4.74. The van der Waals surface area contributed by atoms with E-state index in [0.29, 0.717) is 0 Å². The van der Waals surface area contributed by atoms with Crippen LogP contribution in [-0.4, -0.2) is 48.3 Å². The van der Waals surface area contributed by atoms with Gasteiger partial charge in [-0.05, 0) is 0 Å². The average Bonchev–Trinajstić information content (AvgIpc) is 2.13. The average molecular weight is 227 g/mol. The third-order valence-corrected chi connectivity index (χ3v) is 1.57. The minimum absolute atomic E-state index is 1.92. The maximum atomic E-state index is 10.1. The fourth-order valence-corrected chi connectivity index (χ4v) is 0.645. The lowest BCUT2D eigenvalue weighted by molar-refractivity contribution is -0.915. The SMILES string of the molecule is O=[N+]([O-])C(O)(CO)C(O)([N+](=O)[O-])[N+](=O)[O-]. The number of aliphatic hydroxyl groups is 3. The van der Waals surface area contributed by atoms with E-state index in [2.05, 4.69) is 0 Å². The molecular formula is C3H5N3O9. The van der Waals surface area contributed by atoms with Crippen LogP contribution < -0.4 is 0 Å². The first kappa shape index (κ1) is 13.1. The van der Waals surface area contributed by atoms with Crippen molar-refractivity contribution in [1.29, 1.82) is 0 Å². The van der Waals surface area contributed by atoms with Gasteiger partial charge in [0.05, 0.1) is 4.92 Å². The summed E-state index contributed by atoms with van der Waals surface area (Å²) in [7, 11) is 0. The second-order valence-electron chi connectivity index (χ2n) is 2.38. The smallest absolute Gasteiger partial charge is 0.385 e. The molecule has 0 aliphatic rings. The summed E-state index contributed by atoms with van der Waals surface area (Å²) < 4.78 is 0. The van der Waals surface area contributed by atoms with Gasteiger partial charge in [0.25, 0.3) is 0 Å². The van der Waals surface area contributed by atoms with E-state index in [9.17, 15) is 30.3 Å². The minimum atomic E-state index is -4.52. The predicted octanol–water partition coefficient (Wildman–Crippen LogP) is -2.86. The van der Waals surface area contributed by atoms with Crippen molar-refractivity contribution >= 4 is 0 Å². The summed E-state index contributed by atoms with van der Waals surface area (Å²) in [4.78, 5) is 24.3. The Balaban J connectivity index is 5.72. The molecule has 0 bridgehead atoms. The first-order valence-corrected chi connectivity index (χ1v) is 3.13. The van der Waals surface area contributed by atoms with Crippen molar-refractivity contribution < 1.29 is 30.1 Å². The molecule has 0 rings (SSSR count). The van der Waals surface area contributed by atoms with E-state index >= 15 is 0 Å². The lowest BCUT2D eigenvalue weighted by Crippen LogP contribution is -2.69. The van der Waals surface area contributed by atoms with Crippen LogP contribution in [0, 0.1) is 30.3 Å². The molecule has 0 aliphatic carbocycles. The molecule has 1 unspecified atom stereocenters. The Kier molecular flexibility index (Phi) is 3.21. The highest BCUT2D eigenvalue weighted by Crippen LogP contribution is 2.24. The van der Waals surface area contributed by atoms with Crippen LogP contribution >= 0.6 is 0 Å². The lowest BCUT2D eigenvalue weighted by atomic mass is 10.1. The van der Waals surface area contributed by atoms with E-state index in [1.807, 2.05) is 0 Å². The largest absolute Gasteiger partial charge is 0.677 e. The van der Waals surface area contributed by atoms with Crippen LogP contribution in [0.15, 0.2) is 0 Å². The molecule has 1 atom stereocenters. The fourth-order valence-electron chi connectivity index (χ4n) is 0.645. The minimum Gasteiger partial charge on any atom is -0.385 e. The van der Waals surface area contributed by atoms with E-state index in [-0.39, 0.29) is 0 Å². The molecule has 0 aromatic heterocycles. The number of nitro groups is 3. The quantitative estimate of drug-likeness (QED) is 0.251. The maximum absolute atomic E-state index is 10.1. The fraction of sp³-hybridized carbons (Fsp3) is 1.00. The summed E-state index contributed by atoms with van der Waals surface area (Å²) in [6.45, 7) is -2.00. The first-order valence-electron chi connectivity index (χ1n) is 3.13. The zero-order valence-electron chi connectivity index (χ0n) is 6.84. The van der Waals surface area contributed by atoms with Crippen molar-refractivity contribution in [3.05, 3.63) is 30.3 Å². The van der Waals surface area contributed by atoms with Gasteiger partial charge in [0.2, 0.25) is 0 Å². The first-order chi connectivity index (χ1) is 6.64. The Bertz CT molecular complexity index is 300. The molecule has 0 aromatic carbocycles. The van der Waals surface area contributed by atoms with Crippen molar-refractivity contribution in [3.63, 3.8) is 0 Å². The Morgan fingerprint density at radius 3 is 1.33 bits per heavy atom. The summed E-state index contributed by atoms with van der Waals surface area (Å²) in [5.74, 6) is -4.52. The van der Waals surface area contributed by atoms with E-state index in [1.165, 1.54) is 0 Å². The Morgan fingerprint density at radius 2 is 1.27 bits per heavy atom. The molecule has 15 heavy (non-hydrogen) atoms. The molecular weight excluding hydrogens is 222 g/mol. The van der Waals surface area contributed by atoms with Crippen LogP contribution in [0.5, 0.6) is 0 Å². The van der Waals surface area contributed by atoms with E-state index in [4.69, 9.17) is 15.3 Å². The van der Waals surface area contributed by atoms with Crippen molar-refractivity contribution in [3.8, 4) is 0 Å². The summed E-state index contributed by atoms with van der Waals surface area (Å²) in [6.07, 6.45) is 0. The van der Waals surface area contributed by atoms with Crippen molar-refractivity contribution in [1.82, 2.24) is 0 Å². The van der Waals surface area contributed by atoms with E-state index < -0.39 is 33.0 Å². The number of hydrogen-bond acceptors (Lipinski definition) is 9. The zero-order chi connectivity index (χ0) is 12.4. The normalized spacial score (nSPS) is 15.4. The molecule has 12 nitrogen and oxygen atoms in total. The van der Waals surface area contributed by atoms with E-state index in [0.717, 1.165) is 0 Å². The van der Waals surface area contributed by atoms with Crippen molar-refractivity contribution in [2.24, 2.45) is 0 Å². The third-order valence-electron chi connectivity index (χ3n) is 1.57. The second kappa shape index (κ2) is 3.68. The second-order valence-corrected chi connectivity index (χ2v) is 2.38. The molecule has 0 radical (unpaired) electrons. The molecule has 0 saturated heterocycles. The van der Waals surface area contributed by atoms with Crippen LogP contribution in [0.3, 0.4) is 0 Å². The molecule has 0 aliphatic heterocycles. The highest BCUT2D eigenvalue weighted by atomic mass is 16.8. The van der Waals surface area contributed by atoms with Gasteiger partial charge in [0.15, 0.2) is 6.61 Å². The van der Waals surface area contributed by atoms with Crippen molar-refractivity contribution in [2.45, 2.75) is 11.6 Å². The van der Waals surface area contributed by atoms with E-state index in [1.54, 1.807) is 0 Å². The highest BCUT2D eigenvalue weighted by Gasteiger charge is 2.82. The monoisotopic (exact) mass is 227 g/mol. The molecule has 0 fully saturated rings. The van der Waals surface area contributed by atoms with Gasteiger partial charge < -0.3 is 10.2 Å². The standard InChI is InChI=1S/C3H5N3O9/c7-1-2(8,4(10)11)3(9,5(12)13)6(14)15/h7-9H,1H2.